The lowest BCUT2D eigenvalue weighted by Crippen LogP contribution is -2.37. The predicted octanol–water partition coefficient (Wildman–Crippen LogP) is -0.0468. The molecule has 1 aromatic rings. The van der Waals surface area contributed by atoms with Crippen molar-refractivity contribution in [2.75, 3.05) is 6.54 Å². The predicted molar refractivity (Wildman–Crippen MR) is 72.3 cm³/mol. The second-order valence-corrected chi connectivity index (χ2v) is 4.67. The van der Waals surface area contributed by atoms with Crippen molar-refractivity contribution >= 4 is 11.9 Å². The topological polar surface area (TPSA) is 123 Å². The summed E-state index contributed by atoms with van der Waals surface area (Å²) in [5, 5.41) is 19.3. The number of carbonyl (C=O) groups excluding carboxylic acids is 1. The fraction of sp³-hybridized carbons (Fsp3) is 0.667. The van der Waals surface area contributed by atoms with E-state index in [1.54, 1.807) is 6.92 Å². The molecule has 0 aliphatic carbocycles. The summed E-state index contributed by atoms with van der Waals surface area (Å²) in [5.74, 6) is -1.39. The number of hydrogen-bond donors (Lipinski definition) is 3. The van der Waals surface area contributed by atoms with E-state index in [-0.39, 0.29) is 24.2 Å². The Bertz CT molecular complexity index is 485. The van der Waals surface area contributed by atoms with Crippen LogP contribution in [0.4, 0.5) is 0 Å². The third-order valence-electron chi connectivity index (χ3n) is 3.12. The number of rotatable bonds is 7. The molecule has 1 amide bonds. The second kappa shape index (κ2) is 6.99. The minimum absolute atomic E-state index is 0.0466. The number of hydrogen-bond acceptors (Lipinski definition) is 5. The van der Waals surface area contributed by atoms with Crippen LogP contribution in [0.3, 0.4) is 0 Å². The van der Waals surface area contributed by atoms with Gasteiger partial charge in [0.25, 0.3) is 0 Å². The quantitative estimate of drug-likeness (QED) is 0.645. The van der Waals surface area contributed by atoms with Crippen molar-refractivity contribution in [3.05, 3.63) is 11.4 Å². The summed E-state index contributed by atoms with van der Waals surface area (Å²) in [5.41, 5.74) is 5.69. The van der Waals surface area contributed by atoms with E-state index in [0.717, 1.165) is 6.42 Å². The van der Waals surface area contributed by atoms with Crippen LogP contribution in [0.25, 0.3) is 0 Å². The van der Waals surface area contributed by atoms with Gasteiger partial charge in [0.05, 0.1) is 5.69 Å². The Balaban J connectivity index is 3.00. The highest BCUT2D eigenvalue weighted by molar-refractivity contribution is 5.87. The van der Waals surface area contributed by atoms with Gasteiger partial charge in [-0.2, -0.15) is 0 Å². The molecule has 1 rings (SSSR count). The molecule has 0 aromatic carbocycles. The molecule has 2 atom stereocenters. The van der Waals surface area contributed by atoms with Crippen LogP contribution in [0.2, 0.25) is 0 Å². The normalized spacial score (nSPS) is 13.8. The summed E-state index contributed by atoms with van der Waals surface area (Å²) in [6, 6.07) is -0.587. The number of nitrogens with one attached hydrogen (secondary N) is 1. The largest absolute Gasteiger partial charge is 0.476 e. The van der Waals surface area contributed by atoms with Crippen molar-refractivity contribution in [3.8, 4) is 0 Å². The first-order chi connectivity index (χ1) is 9.42. The summed E-state index contributed by atoms with van der Waals surface area (Å²) in [7, 11) is 0. The van der Waals surface area contributed by atoms with Crippen LogP contribution in [-0.4, -0.2) is 44.6 Å². The molecule has 20 heavy (non-hydrogen) atoms. The van der Waals surface area contributed by atoms with E-state index in [2.05, 4.69) is 15.6 Å². The Labute approximate surface area is 117 Å². The first-order valence-electron chi connectivity index (χ1n) is 6.60. The smallest absolute Gasteiger partial charge is 0.358 e. The molecule has 8 heteroatoms. The average Bonchev–Trinajstić information content (AvgIpc) is 2.81. The zero-order chi connectivity index (χ0) is 15.3. The van der Waals surface area contributed by atoms with Crippen LogP contribution in [0, 0.1) is 0 Å². The molecular weight excluding hydrogens is 262 g/mol. The molecule has 2 unspecified atom stereocenters. The zero-order valence-electron chi connectivity index (χ0n) is 12.0. The molecule has 0 saturated heterocycles. The van der Waals surface area contributed by atoms with Gasteiger partial charge in [-0.25, -0.2) is 9.48 Å². The van der Waals surface area contributed by atoms with Crippen molar-refractivity contribution in [2.24, 2.45) is 5.73 Å². The number of carboxylic acid groups (broad SMARTS) is 1. The molecule has 1 aromatic heterocycles. The number of carboxylic acids is 1. The number of nitrogens with zero attached hydrogens (tertiary/aromatic N) is 3. The van der Waals surface area contributed by atoms with Crippen molar-refractivity contribution in [3.63, 3.8) is 0 Å². The molecule has 0 aliphatic rings. The highest BCUT2D eigenvalue weighted by atomic mass is 16.4. The molecule has 0 saturated carbocycles. The maximum absolute atomic E-state index is 12.1. The van der Waals surface area contributed by atoms with Crippen LogP contribution in [-0.2, 0) is 11.2 Å². The van der Waals surface area contributed by atoms with Crippen LogP contribution < -0.4 is 11.1 Å². The molecule has 112 valence electrons. The van der Waals surface area contributed by atoms with E-state index in [1.165, 1.54) is 4.68 Å². The number of nitrogens with two attached hydrogens (primary N) is 1. The lowest BCUT2D eigenvalue weighted by Gasteiger charge is -2.17. The van der Waals surface area contributed by atoms with E-state index in [1.807, 2.05) is 13.8 Å². The standard InChI is InChI=1S/C12H21N5O3/c1-4-7(2)14-11(18)8(3)17-9(5-6-13)10(12(19)20)15-16-17/h7-8H,4-6,13H2,1-3H3,(H,14,18)(H,19,20). The second-order valence-electron chi connectivity index (χ2n) is 4.67. The Morgan fingerprint density at radius 3 is 2.60 bits per heavy atom. The van der Waals surface area contributed by atoms with Crippen molar-refractivity contribution in [2.45, 2.75) is 45.7 Å². The molecule has 0 aliphatic heterocycles. The first-order valence-corrected chi connectivity index (χ1v) is 6.60. The van der Waals surface area contributed by atoms with Gasteiger partial charge in [0.2, 0.25) is 5.91 Å². The van der Waals surface area contributed by atoms with Gasteiger partial charge in [0.1, 0.15) is 6.04 Å². The van der Waals surface area contributed by atoms with Gasteiger partial charge in [0, 0.05) is 12.5 Å². The van der Waals surface area contributed by atoms with Gasteiger partial charge >= 0.3 is 5.97 Å². The Kier molecular flexibility index (Phi) is 5.63. The third-order valence-corrected chi connectivity index (χ3v) is 3.12. The van der Waals surface area contributed by atoms with Crippen molar-refractivity contribution in [1.29, 1.82) is 0 Å². The summed E-state index contributed by atoms with van der Waals surface area (Å²) in [4.78, 5) is 23.1. The maximum atomic E-state index is 12.1. The molecule has 0 radical (unpaired) electrons. The Hall–Kier alpha value is -1.96. The number of aromatic carboxylic acids is 1. The molecule has 0 fully saturated rings. The summed E-state index contributed by atoms with van der Waals surface area (Å²) < 4.78 is 1.33. The van der Waals surface area contributed by atoms with E-state index in [0.29, 0.717) is 12.1 Å². The average molecular weight is 283 g/mol. The highest BCUT2D eigenvalue weighted by Crippen LogP contribution is 2.13. The van der Waals surface area contributed by atoms with E-state index in [4.69, 9.17) is 10.8 Å². The molecule has 4 N–H and O–H groups in total. The minimum atomic E-state index is -1.17. The van der Waals surface area contributed by atoms with Gasteiger partial charge < -0.3 is 16.2 Å². The van der Waals surface area contributed by atoms with E-state index < -0.39 is 12.0 Å². The van der Waals surface area contributed by atoms with Gasteiger partial charge in [-0.15, -0.1) is 5.10 Å². The zero-order valence-corrected chi connectivity index (χ0v) is 12.0. The van der Waals surface area contributed by atoms with Crippen molar-refractivity contribution < 1.29 is 14.7 Å². The maximum Gasteiger partial charge on any atom is 0.358 e. The van der Waals surface area contributed by atoms with E-state index >= 15 is 0 Å². The van der Waals surface area contributed by atoms with Crippen LogP contribution in [0.15, 0.2) is 0 Å². The summed E-state index contributed by atoms with van der Waals surface area (Å²) in [6.45, 7) is 5.77. The highest BCUT2D eigenvalue weighted by Gasteiger charge is 2.25. The lowest BCUT2D eigenvalue weighted by atomic mass is 10.2. The van der Waals surface area contributed by atoms with E-state index in [9.17, 15) is 9.59 Å². The van der Waals surface area contributed by atoms with Crippen LogP contribution in [0.1, 0.15) is 49.4 Å². The molecular formula is C12H21N5O3. The molecule has 8 nitrogen and oxygen atoms in total. The summed E-state index contributed by atoms with van der Waals surface area (Å²) in [6.07, 6.45) is 1.11. The van der Waals surface area contributed by atoms with Crippen LogP contribution >= 0.6 is 0 Å². The fourth-order valence-electron chi connectivity index (χ4n) is 1.74. The van der Waals surface area contributed by atoms with Crippen LogP contribution in [0.5, 0.6) is 0 Å². The number of carbonyl (C=O) groups is 2. The van der Waals surface area contributed by atoms with Crippen molar-refractivity contribution in [1.82, 2.24) is 20.3 Å². The fourth-order valence-corrected chi connectivity index (χ4v) is 1.74. The lowest BCUT2D eigenvalue weighted by molar-refractivity contribution is -0.124. The molecule has 0 bridgehead atoms. The first kappa shape index (κ1) is 16.1. The van der Waals surface area contributed by atoms with Gasteiger partial charge in [-0.05, 0) is 26.8 Å². The van der Waals surface area contributed by atoms with Gasteiger partial charge in [-0.1, -0.05) is 12.1 Å². The Morgan fingerprint density at radius 1 is 1.45 bits per heavy atom. The number of amides is 1. The molecule has 1 heterocycles. The Morgan fingerprint density at radius 2 is 2.10 bits per heavy atom. The third kappa shape index (κ3) is 3.53. The van der Waals surface area contributed by atoms with Gasteiger partial charge in [-0.3, -0.25) is 4.79 Å². The minimum Gasteiger partial charge on any atom is -0.476 e. The molecule has 0 spiro atoms. The number of aromatic nitrogens is 3. The monoisotopic (exact) mass is 283 g/mol. The summed E-state index contributed by atoms with van der Waals surface area (Å²) >= 11 is 0. The SMILES string of the molecule is CCC(C)NC(=O)C(C)n1nnc(C(=O)O)c1CCN. The van der Waals surface area contributed by atoms with Gasteiger partial charge in [0.15, 0.2) is 5.69 Å².